The van der Waals surface area contributed by atoms with Gasteiger partial charge in [0.25, 0.3) is 5.91 Å². The Morgan fingerprint density at radius 2 is 1.56 bits per heavy atom. The molecule has 0 radical (unpaired) electrons. The minimum Gasteiger partial charge on any atom is -0.497 e. The summed E-state index contributed by atoms with van der Waals surface area (Å²) in [7, 11) is 4.78. The van der Waals surface area contributed by atoms with Gasteiger partial charge in [0.2, 0.25) is 5.91 Å². The van der Waals surface area contributed by atoms with Crippen LogP contribution in [0, 0.1) is 0 Å². The molecular formula is C25H27N3O5S. The van der Waals surface area contributed by atoms with E-state index in [1.165, 1.54) is 11.3 Å². The molecule has 4 rings (SSSR count). The monoisotopic (exact) mass is 481 g/mol. The first-order valence-electron chi connectivity index (χ1n) is 10.9. The van der Waals surface area contributed by atoms with Crippen molar-refractivity contribution in [1.29, 1.82) is 0 Å². The number of ether oxygens (including phenoxy) is 3. The van der Waals surface area contributed by atoms with Gasteiger partial charge in [-0.05, 0) is 42.5 Å². The number of benzene rings is 2. The van der Waals surface area contributed by atoms with Gasteiger partial charge in [-0.25, -0.2) is 4.98 Å². The van der Waals surface area contributed by atoms with Gasteiger partial charge in [-0.15, -0.1) is 11.3 Å². The van der Waals surface area contributed by atoms with Crippen LogP contribution in [0.25, 0.3) is 10.6 Å². The second kappa shape index (κ2) is 10.6. The largest absolute Gasteiger partial charge is 0.497 e. The number of piperazine rings is 1. The third-order valence-electron chi connectivity index (χ3n) is 5.77. The summed E-state index contributed by atoms with van der Waals surface area (Å²) in [5.41, 5.74) is 2.26. The number of aromatic nitrogens is 1. The van der Waals surface area contributed by atoms with Crippen LogP contribution in [0.5, 0.6) is 17.2 Å². The van der Waals surface area contributed by atoms with Crippen molar-refractivity contribution < 1.29 is 23.8 Å². The Hall–Kier alpha value is -3.59. The molecule has 1 aliphatic heterocycles. The molecule has 8 nitrogen and oxygen atoms in total. The van der Waals surface area contributed by atoms with Crippen LogP contribution in [0.1, 0.15) is 16.1 Å². The highest BCUT2D eigenvalue weighted by Crippen LogP contribution is 2.33. The Morgan fingerprint density at radius 1 is 0.882 bits per heavy atom. The molecule has 0 aliphatic carbocycles. The van der Waals surface area contributed by atoms with Gasteiger partial charge >= 0.3 is 0 Å². The molecule has 0 N–H and O–H groups in total. The van der Waals surface area contributed by atoms with E-state index < -0.39 is 0 Å². The molecule has 0 atom stereocenters. The molecule has 0 spiro atoms. The Bertz CT molecular complexity index is 1150. The maximum atomic E-state index is 12.9. The van der Waals surface area contributed by atoms with Gasteiger partial charge < -0.3 is 24.0 Å². The molecule has 34 heavy (non-hydrogen) atoms. The molecular weight excluding hydrogens is 454 g/mol. The van der Waals surface area contributed by atoms with E-state index in [0.717, 1.165) is 16.3 Å². The lowest BCUT2D eigenvalue weighted by molar-refractivity contribution is -0.132. The lowest BCUT2D eigenvalue weighted by Crippen LogP contribution is -2.51. The van der Waals surface area contributed by atoms with Crippen LogP contribution in [0.15, 0.2) is 47.8 Å². The highest BCUT2D eigenvalue weighted by Gasteiger charge is 2.25. The Morgan fingerprint density at radius 3 is 2.21 bits per heavy atom. The highest BCUT2D eigenvalue weighted by atomic mass is 32.1. The van der Waals surface area contributed by atoms with Crippen LogP contribution < -0.4 is 14.2 Å². The molecule has 2 heterocycles. The van der Waals surface area contributed by atoms with E-state index in [1.807, 2.05) is 23.6 Å². The summed E-state index contributed by atoms with van der Waals surface area (Å²) >= 11 is 1.49. The van der Waals surface area contributed by atoms with E-state index in [1.54, 1.807) is 55.4 Å². The summed E-state index contributed by atoms with van der Waals surface area (Å²) in [6.45, 7) is 2.02. The predicted molar refractivity (Wildman–Crippen MR) is 130 cm³/mol. The standard InChI is InChI=1S/C25H27N3O5S/c1-31-20-7-4-17(5-8-20)25(30)28-12-10-27(11-13-28)23(29)15-19-16-34-24(26-19)18-6-9-21(32-2)22(14-18)33-3/h4-9,14,16H,10-13,15H2,1-3H3. The van der Waals surface area contributed by atoms with Crippen molar-refractivity contribution in [3.05, 3.63) is 59.1 Å². The SMILES string of the molecule is COc1ccc(C(=O)N2CCN(C(=O)Cc3csc(-c4ccc(OC)c(OC)c4)n3)CC2)cc1. The second-order valence-electron chi connectivity index (χ2n) is 7.79. The number of methoxy groups -OCH3 is 3. The van der Waals surface area contributed by atoms with Gasteiger partial charge in [0.1, 0.15) is 10.8 Å². The molecule has 1 aliphatic rings. The van der Waals surface area contributed by atoms with Crippen LogP contribution in [0.4, 0.5) is 0 Å². The zero-order chi connectivity index (χ0) is 24.1. The van der Waals surface area contributed by atoms with Crippen LogP contribution >= 0.6 is 11.3 Å². The Labute approximate surface area is 202 Å². The number of thiazole rings is 1. The van der Waals surface area contributed by atoms with Gasteiger partial charge in [0.05, 0.1) is 33.4 Å². The molecule has 0 unspecified atom stereocenters. The summed E-state index contributed by atoms with van der Waals surface area (Å²) in [4.78, 5) is 33.8. The molecule has 178 valence electrons. The van der Waals surface area contributed by atoms with Crippen molar-refractivity contribution in [2.75, 3.05) is 47.5 Å². The molecule has 1 fully saturated rings. The Balaban J connectivity index is 1.33. The van der Waals surface area contributed by atoms with Crippen LogP contribution in [0.2, 0.25) is 0 Å². The molecule has 9 heteroatoms. The molecule has 0 saturated carbocycles. The first kappa shape index (κ1) is 23.6. The Kier molecular flexibility index (Phi) is 7.32. The molecule has 2 amide bonds. The zero-order valence-electron chi connectivity index (χ0n) is 19.4. The first-order chi connectivity index (χ1) is 16.5. The van der Waals surface area contributed by atoms with Crippen molar-refractivity contribution in [2.45, 2.75) is 6.42 Å². The lowest BCUT2D eigenvalue weighted by atomic mass is 10.1. The summed E-state index contributed by atoms with van der Waals surface area (Å²) in [5, 5.41) is 2.73. The van der Waals surface area contributed by atoms with Gasteiger partial charge in [-0.2, -0.15) is 0 Å². The second-order valence-corrected chi connectivity index (χ2v) is 8.65. The molecule has 3 aromatic rings. The number of nitrogens with zero attached hydrogens (tertiary/aromatic N) is 3. The van der Waals surface area contributed by atoms with Gasteiger partial charge in [-0.3, -0.25) is 9.59 Å². The van der Waals surface area contributed by atoms with Crippen molar-refractivity contribution >= 4 is 23.2 Å². The van der Waals surface area contributed by atoms with Crippen molar-refractivity contribution in [2.24, 2.45) is 0 Å². The summed E-state index contributed by atoms with van der Waals surface area (Å²) in [6.07, 6.45) is 0.232. The summed E-state index contributed by atoms with van der Waals surface area (Å²) in [6, 6.07) is 12.7. The van der Waals surface area contributed by atoms with Crippen LogP contribution in [-0.4, -0.2) is 74.1 Å². The highest BCUT2D eigenvalue weighted by molar-refractivity contribution is 7.13. The number of hydrogen-bond acceptors (Lipinski definition) is 7. The zero-order valence-corrected chi connectivity index (χ0v) is 20.3. The van der Waals surface area contributed by atoms with E-state index in [4.69, 9.17) is 14.2 Å². The van der Waals surface area contributed by atoms with Gasteiger partial charge in [0.15, 0.2) is 11.5 Å². The normalized spacial score (nSPS) is 13.5. The van der Waals surface area contributed by atoms with Crippen molar-refractivity contribution in [3.63, 3.8) is 0 Å². The van der Waals surface area contributed by atoms with E-state index in [-0.39, 0.29) is 18.2 Å². The third kappa shape index (κ3) is 5.14. The lowest BCUT2D eigenvalue weighted by Gasteiger charge is -2.34. The van der Waals surface area contributed by atoms with Crippen molar-refractivity contribution in [3.8, 4) is 27.8 Å². The summed E-state index contributed by atoms with van der Waals surface area (Å²) in [5.74, 6) is 1.98. The number of hydrogen-bond donors (Lipinski definition) is 0. The predicted octanol–water partition coefficient (Wildman–Crippen LogP) is 3.36. The topological polar surface area (TPSA) is 81.2 Å². The number of carbonyl (C=O) groups excluding carboxylic acids is 2. The fourth-order valence-corrected chi connectivity index (χ4v) is 4.65. The number of carbonyl (C=O) groups is 2. The van der Waals surface area contributed by atoms with E-state index in [9.17, 15) is 9.59 Å². The quantitative estimate of drug-likeness (QED) is 0.515. The molecule has 1 saturated heterocycles. The minimum absolute atomic E-state index is 0.0145. The third-order valence-corrected chi connectivity index (χ3v) is 6.71. The van der Waals surface area contributed by atoms with Crippen molar-refractivity contribution in [1.82, 2.24) is 14.8 Å². The molecule has 0 bridgehead atoms. The van der Waals surface area contributed by atoms with E-state index in [2.05, 4.69) is 4.98 Å². The number of rotatable bonds is 7. The van der Waals surface area contributed by atoms with Crippen LogP contribution in [0.3, 0.4) is 0 Å². The van der Waals surface area contributed by atoms with E-state index >= 15 is 0 Å². The molecule has 2 aromatic carbocycles. The van der Waals surface area contributed by atoms with E-state index in [0.29, 0.717) is 49.0 Å². The average Bonchev–Trinajstić information content (AvgIpc) is 3.36. The smallest absolute Gasteiger partial charge is 0.253 e. The fraction of sp³-hybridized carbons (Fsp3) is 0.320. The molecule has 1 aromatic heterocycles. The summed E-state index contributed by atoms with van der Waals surface area (Å²) < 4.78 is 15.8. The minimum atomic E-state index is -0.0335. The maximum absolute atomic E-state index is 12.9. The van der Waals surface area contributed by atoms with Gasteiger partial charge in [-0.1, -0.05) is 0 Å². The number of amides is 2. The first-order valence-corrected chi connectivity index (χ1v) is 11.8. The fourth-order valence-electron chi connectivity index (χ4n) is 3.83. The maximum Gasteiger partial charge on any atom is 0.253 e. The van der Waals surface area contributed by atoms with Gasteiger partial charge in [0, 0.05) is 42.7 Å². The van der Waals surface area contributed by atoms with Crippen LogP contribution in [-0.2, 0) is 11.2 Å². The average molecular weight is 482 g/mol.